The monoisotopic (exact) mass is 367 g/mol. The maximum absolute atomic E-state index is 13.9. The second-order valence-electron chi connectivity index (χ2n) is 5.47. The van der Waals surface area contributed by atoms with Gasteiger partial charge in [-0.15, -0.1) is 0 Å². The smallest absolute Gasteiger partial charge is 0.308 e. The molecule has 1 aromatic heterocycles. The Bertz CT molecular complexity index is 857. The van der Waals surface area contributed by atoms with Gasteiger partial charge in [-0.3, -0.25) is 14.9 Å². The molecule has 136 valence electrons. The number of nitro benzene ring substituents is 1. The number of carbonyl (C=O) groups is 1. The number of aromatic nitrogens is 2. The molecule has 0 atom stereocenters. The van der Waals surface area contributed by atoms with Gasteiger partial charge in [-0.2, -0.15) is 4.39 Å². The van der Waals surface area contributed by atoms with Crippen molar-refractivity contribution in [3.63, 3.8) is 0 Å². The third kappa shape index (κ3) is 3.15. The number of halogens is 3. The normalized spacial score (nSPS) is 14.4. The van der Waals surface area contributed by atoms with E-state index in [9.17, 15) is 28.1 Å². The Kier molecular flexibility index (Phi) is 4.69. The van der Waals surface area contributed by atoms with Crippen molar-refractivity contribution in [2.75, 3.05) is 31.1 Å². The topological polar surface area (TPSA) is 92.5 Å². The summed E-state index contributed by atoms with van der Waals surface area (Å²) in [5, 5.41) is 10.8. The van der Waals surface area contributed by atoms with Crippen LogP contribution in [0.4, 0.5) is 24.8 Å². The summed E-state index contributed by atoms with van der Waals surface area (Å²) in [4.78, 5) is 33.2. The highest BCUT2D eigenvalue weighted by molar-refractivity contribution is 5.95. The summed E-state index contributed by atoms with van der Waals surface area (Å²) >= 11 is 0. The molecule has 1 fully saturated rings. The van der Waals surface area contributed by atoms with Gasteiger partial charge in [0, 0.05) is 44.6 Å². The van der Waals surface area contributed by atoms with Crippen LogP contribution in [0.25, 0.3) is 0 Å². The number of nitro groups is 1. The van der Waals surface area contributed by atoms with Crippen LogP contribution in [0, 0.1) is 27.6 Å². The fourth-order valence-corrected chi connectivity index (χ4v) is 2.61. The number of amides is 1. The van der Waals surface area contributed by atoms with Gasteiger partial charge in [0.25, 0.3) is 5.91 Å². The summed E-state index contributed by atoms with van der Waals surface area (Å²) in [7, 11) is 0. The largest absolute Gasteiger partial charge is 0.337 e. The van der Waals surface area contributed by atoms with Crippen molar-refractivity contribution in [1.29, 1.82) is 0 Å². The van der Waals surface area contributed by atoms with Gasteiger partial charge < -0.3 is 9.80 Å². The van der Waals surface area contributed by atoms with Crippen molar-refractivity contribution in [2.24, 2.45) is 0 Å². The van der Waals surface area contributed by atoms with Gasteiger partial charge in [-0.25, -0.2) is 18.7 Å². The molecule has 2 aromatic rings. The van der Waals surface area contributed by atoms with Gasteiger partial charge in [-0.1, -0.05) is 0 Å². The van der Waals surface area contributed by atoms with Crippen LogP contribution in [0.5, 0.6) is 0 Å². The molecule has 1 aliphatic heterocycles. The summed E-state index contributed by atoms with van der Waals surface area (Å²) in [5.41, 5.74) is -2.16. The Labute approximate surface area is 145 Å². The number of nitrogens with zero attached hydrogens (tertiary/aromatic N) is 5. The van der Waals surface area contributed by atoms with Crippen LogP contribution in [0.2, 0.25) is 0 Å². The molecule has 11 heteroatoms. The Morgan fingerprint density at radius 1 is 1.04 bits per heavy atom. The van der Waals surface area contributed by atoms with Crippen LogP contribution < -0.4 is 4.90 Å². The summed E-state index contributed by atoms with van der Waals surface area (Å²) < 4.78 is 40.9. The molecule has 0 bridgehead atoms. The molecule has 0 N–H and O–H groups in total. The molecule has 0 unspecified atom stereocenters. The van der Waals surface area contributed by atoms with E-state index >= 15 is 0 Å². The fraction of sp³-hybridized carbons (Fsp3) is 0.267. The van der Waals surface area contributed by atoms with E-state index < -0.39 is 39.5 Å². The Morgan fingerprint density at radius 2 is 1.65 bits per heavy atom. The third-order valence-electron chi connectivity index (χ3n) is 3.96. The zero-order valence-corrected chi connectivity index (χ0v) is 13.2. The number of rotatable bonds is 3. The van der Waals surface area contributed by atoms with Gasteiger partial charge in [-0.05, 0) is 6.07 Å². The standard InChI is InChI=1S/C15H12F3N5O3/c16-11-9(8-10(23(25)26)12(17)13(11)18)14(24)21-4-6-22(7-5-21)15-19-2-1-3-20-15/h1-3,8H,4-7H2. The molecule has 1 saturated heterocycles. The van der Waals surface area contributed by atoms with Gasteiger partial charge in [0.05, 0.1) is 10.5 Å². The minimum atomic E-state index is -2.04. The van der Waals surface area contributed by atoms with Crippen molar-refractivity contribution < 1.29 is 22.9 Å². The van der Waals surface area contributed by atoms with Crippen LogP contribution >= 0.6 is 0 Å². The predicted octanol–water partition coefficient (Wildman–Crippen LogP) is 1.76. The highest BCUT2D eigenvalue weighted by atomic mass is 19.2. The van der Waals surface area contributed by atoms with Crippen LogP contribution in [0.15, 0.2) is 24.5 Å². The molecule has 8 nitrogen and oxygen atoms in total. The Hall–Kier alpha value is -3.24. The lowest BCUT2D eigenvalue weighted by Crippen LogP contribution is -2.49. The zero-order valence-electron chi connectivity index (χ0n) is 13.2. The van der Waals surface area contributed by atoms with E-state index in [1.165, 1.54) is 4.90 Å². The van der Waals surface area contributed by atoms with Gasteiger partial charge in [0.2, 0.25) is 17.6 Å². The molecule has 3 rings (SSSR count). The molecule has 1 aromatic carbocycles. The summed E-state index contributed by atoms with van der Waals surface area (Å²) in [6, 6.07) is 2.07. The van der Waals surface area contributed by atoms with Gasteiger partial charge in [0.15, 0.2) is 5.82 Å². The highest BCUT2D eigenvalue weighted by Gasteiger charge is 2.32. The number of hydrogen-bond donors (Lipinski definition) is 0. The van der Waals surface area contributed by atoms with E-state index in [-0.39, 0.29) is 13.1 Å². The first kappa shape index (κ1) is 17.6. The highest BCUT2D eigenvalue weighted by Crippen LogP contribution is 2.26. The minimum absolute atomic E-state index is 0.142. The molecule has 1 amide bonds. The van der Waals surface area contributed by atoms with Crippen molar-refractivity contribution in [1.82, 2.24) is 14.9 Å². The van der Waals surface area contributed by atoms with Crippen LogP contribution in [-0.4, -0.2) is 51.9 Å². The Morgan fingerprint density at radius 3 is 2.23 bits per heavy atom. The first-order valence-electron chi connectivity index (χ1n) is 7.53. The van der Waals surface area contributed by atoms with E-state index in [2.05, 4.69) is 9.97 Å². The van der Waals surface area contributed by atoms with Crippen molar-refractivity contribution >= 4 is 17.5 Å². The molecule has 0 saturated carbocycles. The van der Waals surface area contributed by atoms with Crippen molar-refractivity contribution in [2.45, 2.75) is 0 Å². The molecule has 0 radical (unpaired) electrons. The number of anilines is 1. The average Bonchev–Trinajstić information content (AvgIpc) is 2.66. The van der Waals surface area contributed by atoms with E-state index in [0.717, 1.165) is 0 Å². The van der Waals surface area contributed by atoms with Crippen molar-refractivity contribution in [3.8, 4) is 0 Å². The quantitative estimate of drug-likeness (QED) is 0.466. The molecule has 2 heterocycles. The Balaban J connectivity index is 1.80. The molecule has 0 aliphatic carbocycles. The molecule has 0 spiro atoms. The number of piperazine rings is 1. The number of carbonyl (C=O) groups excluding carboxylic acids is 1. The lowest BCUT2D eigenvalue weighted by Gasteiger charge is -2.34. The molecular weight excluding hydrogens is 355 g/mol. The van der Waals surface area contributed by atoms with Crippen LogP contribution in [0.3, 0.4) is 0 Å². The fourth-order valence-electron chi connectivity index (χ4n) is 2.61. The maximum Gasteiger partial charge on any atom is 0.308 e. The lowest BCUT2D eigenvalue weighted by molar-refractivity contribution is -0.387. The van der Waals surface area contributed by atoms with E-state index in [1.54, 1.807) is 23.4 Å². The summed E-state index contributed by atoms with van der Waals surface area (Å²) in [6.45, 7) is 0.957. The first-order valence-corrected chi connectivity index (χ1v) is 7.53. The first-order chi connectivity index (χ1) is 12.4. The SMILES string of the molecule is O=C(c1cc([N+](=O)[O-])c(F)c(F)c1F)N1CCN(c2ncccn2)CC1. The molecular formula is C15H12F3N5O3. The van der Waals surface area contributed by atoms with E-state index in [1.807, 2.05) is 0 Å². The lowest BCUT2D eigenvalue weighted by atomic mass is 10.1. The number of hydrogen-bond acceptors (Lipinski definition) is 6. The van der Waals surface area contributed by atoms with E-state index in [4.69, 9.17) is 0 Å². The number of benzene rings is 1. The van der Waals surface area contributed by atoms with Crippen LogP contribution in [0.1, 0.15) is 10.4 Å². The third-order valence-corrected chi connectivity index (χ3v) is 3.96. The van der Waals surface area contributed by atoms with Gasteiger partial charge >= 0.3 is 5.69 Å². The minimum Gasteiger partial charge on any atom is -0.337 e. The molecule has 1 aliphatic rings. The van der Waals surface area contributed by atoms with Gasteiger partial charge in [0.1, 0.15) is 0 Å². The molecule has 26 heavy (non-hydrogen) atoms. The van der Waals surface area contributed by atoms with Crippen LogP contribution in [-0.2, 0) is 0 Å². The predicted molar refractivity (Wildman–Crippen MR) is 83.1 cm³/mol. The summed E-state index contributed by atoms with van der Waals surface area (Å²) in [5.74, 6) is -6.20. The average molecular weight is 367 g/mol. The van der Waals surface area contributed by atoms with E-state index in [0.29, 0.717) is 25.1 Å². The summed E-state index contributed by atoms with van der Waals surface area (Å²) in [6.07, 6.45) is 3.13. The second kappa shape index (κ2) is 6.94. The second-order valence-corrected chi connectivity index (χ2v) is 5.47. The zero-order chi connectivity index (χ0) is 18.8. The maximum atomic E-state index is 13.9. The van der Waals surface area contributed by atoms with Crippen molar-refractivity contribution in [3.05, 3.63) is 57.7 Å².